The molecule has 2 aromatic rings. The van der Waals surface area contributed by atoms with Gasteiger partial charge in [-0.15, -0.1) is 12.6 Å². The van der Waals surface area contributed by atoms with E-state index in [2.05, 4.69) is 17.0 Å². The Hall–Kier alpha value is -0.850. The zero-order valence-electron chi connectivity index (χ0n) is 19.0. The first-order chi connectivity index (χ1) is 16.1. The van der Waals surface area contributed by atoms with Crippen molar-refractivity contribution in [1.29, 1.82) is 0 Å². The second kappa shape index (κ2) is 9.31. The average molecular weight is 501 g/mol. The van der Waals surface area contributed by atoms with Gasteiger partial charge in [0.2, 0.25) is 0 Å². The quantitative estimate of drug-likeness (QED) is 0.422. The van der Waals surface area contributed by atoms with Crippen LogP contribution in [0.4, 0.5) is 0 Å². The highest BCUT2D eigenvalue weighted by molar-refractivity contribution is 8.13. The van der Waals surface area contributed by atoms with Crippen molar-refractivity contribution in [2.75, 3.05) is 13.1 Å². The maximum atomic E-state index is 6.39. The number of aryl methyl sites for hydroxylation is 1. The molecule has 2 heterocycles. The molecule has 0 amide bonds. The van der Waals surface area contributed by atoms with E-state index < -0.39 is 0 Å². The van der Waals surface area contributed by atoms with Crippen LogP contribution in [0.15, 0.2) is 39.7 Å². The molecule has 5 aliphatic rings. The monoisotopic (exact) mass is 500 g/mol. The van der Waals surface area contributed by atoms with Gasteiger partial charge in [0.15, 0.2) is 0 Å². The second-order valence-electron chi connectivity index (χ2n) is 10.5. The molecule has 0 radical (unpaired) electrons. The standard InChI is InChI=1S/C27H33ClN2OS2/c28-22-5-3-18(4-6-22)24-13-19(2-1-7-29)25(31-24)14-23-15-30(27(32)33-23)26-20-9-16-8-17(11-20)12-21(26)10-16/h3-6,13-14,16-17,20-21,26-27,32H,1-2,7-12,15,29H2/b23-14-. The Morgan fingerprint density at radius 2 is 1.79 bits per heavy atom. The second-order valence-corrected chi connectivity index (χ2v) is 13.0. The molecule has 176 valence electrons. The van der Waals surface area contributed by atoms with Gasteiger partial charge in [0, 0.05) is 28.1 Å². The molecule has 1 atom stereocenters. The van der Waals surface area contributed by atoms with Crippen molar-refractivity contribution in [2.24, 2.45) is 29.4 Å². The van der Waals surface area contributed by atoms with E-state index in [1.807, 2.05) is 36.0 Å². The number of rotatable bonds is 6. The van der Waals surface area contributed by atoms with Gasteiger partial charge in [0.1, 0.15) is 16.2 Å². The van der Waals surface area contributed by atoms with E-state index in [1.54, 1.807) is 0 Å². The number of benzene rings is 1. The normalized spacial score (nSPS) is 34.6. The fourth-order valence-electron chi connectivity index (χ4n) is 7.22. The van der Waals surface area contributed by atoms with Crippen LogP contribution in [0, 0.1) is 23.7 Å². The van der Waals surface area contributed by atoms with Gasteiger partial charge >= 0.3 is 0 Å². The molecule has 4 bridgehead atoms. The number of nitrogens with zero attached hydrogens (tertiary/aromatic N) is 1. The number of hydrogen-bond acceptors (Lipinski definition) is 5. The first-order valence-electron chi connectivity index (χ1n) is 12.5. The van der Waals surface area contributed by atoms with Gasteiger partial charge < -0.3 is 10.2 Å². The van der Waals surface area contributed by atoms with Crippen molar-refractivity contribution in [2.45, 2.75) is 55.7 Å². The first kappa shape index (κ1) is 22.6. The third-order valence-electron chi connectivity index (χ3n) is 8.35. The third kappa shape index (κ3) is 4.45. The van der Waals surface area contributed by atoms with E-state index >= 15 is 0 Å². The Morgan fingerprint density at radius 3 is 2.45 bits per heavy atom. The van der Waals surface area contributed by atoms with E-state index in [0.717, 1.165) is 71.2 Å². The number of thiol groups is 1. The molecule has 33 heavy (non-hydrogen) atoms. The SMILES string of the molecule is NCCCc1cc(-c2ccc(Cl)cc2)oc1/C=C1/CN(C2C3CC4CC(C3)CC2C4)C(S)S1. The Balaban J connectivity index is 1.25. The molecule has 0 spiro atoms. The highest BCUT2D eigenvalue weighted by Gasteiger charge is 2.51. The predicted octanol–water partition coefficient (Wildman–Crippen LogP) is 6.92. The molecular weight excluding hydrogens is 468 g/mol. The van der Waals surface area contributed by atoms with Crippen molar-refractivity contribution in [3.05, 3.63) is 51.6 Å². The highest BCUT2D eigenvalue weighted by Crippen LogP contribution is 2.57. The van der Waals surface area contributed by atoms with E-state index in [9.17, 15) is 0 Å². The summed E-state index contributed by atoms with van der Waals surface area (Å²) in [6.07, 6.45) is 11.5. The van der Waals surface area contributed by atoms with Crippen molar-refractivity contribution in [3.8, 4) is 11.3 Å². The summed E-state index contributed by atoms with van der Waals surface area (Å²) in [5, 5.41) is 0.739. The van der Waals surface area contributed by atoms with Crippen LogP contribution in [0.2, 0.25) is 5.02 Å². The summed E-state index contributed by atoms with van der Waals surface area (Å²) in [5.74, 6) is 5.66. The lowest BCUT2D eigenvalue weighted by atomic mass is 9.54. The number of halogens is 1. The molecule has 1 aliphatic heterocycles. The lowest BCUT2D eigenvalue weighted by molar-refractivity contribution is -0.0574. The van der Waals surface area contributed by atoms with Crippen LogP contribution < -0.4 is 5.73 Å². The van der Waals surface area contributed by atoms with Gasteiger partial charge in [-0.1, -0.05) is 23.4 Å². The minimum Gasteiger partial charge on any atom is -0.456 e. The maximum absolute atomic E-state index is 6.39. The van der Waals surface area contributed by atoms with Gasteiger partial charge in [-0.25, -0.2) is 0 Å². The average Bonchev–Trinajstić information content (AvgIpc) is 3.35. The third-order valence-corrected chi connectivity index (χ3v) is 10.2. The topological polar surface area (TPSA) is 42.4 Å². The molecule has 3 nitrogen and oxygen atoms in total. The molecular formula is C27H33ClN2OS2. The summed E-state index contributed by atoms with van der Waals surface area (Å²) < 4.78 is 6.64. The fourth-order valence-corrected chi connectivity index (χ4v) is 9.01. The van der Waals surface area contributed by atoms with Crippen LogP contribution in [-0.4, -0.2) is 28.7 Å². The number of hydrogen-bond donors (Lipinski definition) is 2. The maximum Gasteiger partial charge on any atom is 0.135 e. The summed E-state index contributed by atoms with van der Waals surface area (Å²) >= 11 is 13.0. The minimum absolute atomic E-state index is 0.247. The number of furan rings is 1. The molecule has 1 aromatic carbocycles. The van der Waals surface area contributed by atoms with Crippen LogP contribution >= 0.6 is 36.0 Å². The lowest BCUT2D eigenvalue weighted by Gasteiger charge is -2.57. The molecule has 2 N–H and O–H groups in total. The van der Waals surface area contributed by atoms with Crippen molar-refractivity contribution in [3.63, 3.8) is 0 Å². The molecule has 1 unspecified atom stereocenters. The molecule has 1 aromatic heterocycles. The van der Waals surface area contributed by atoms with Crippen LogP contribution in [0.5, 0.6) is 0 Å². The molecule has 7 rings (SSSR count). The summed E-state index contributed by atoms with van der Waals surface area (Å²) in [4.78, 5) is 4.07. The largest absolute Gasteiger partial charge is 0.456 e. The van der Waals surface area contributed by atoms with Gasteiger partial charge in [-0.3, -0.25) is 4.90 Å². The summed E-state index contributed by atoms with van der Waals surface area (Å²) in [6.45, 7) is 1.68. The molecule has 1 saturated heterocycles. The molecule has 6 heteroatoms. The first-order valence-corrected chi connectivity index (χ1v) is 14.2. The Kier molecular flexibility index (Phi) is 6.38. The molecule has 4 saturated carbocycles. The minimum atomic E-state index is 0.247. The van der Waals surface area contributed by atoms with Crippen molar-refractivity contribution in [1.82, 2.24) is 4.90 Å². The van der Waals surface area contributed by atoms with Gasteiger partial charge in [0.05, 0.1) is 0 Å². The zero-order valence-corrected chi connectivity index (χ0v) is 21.4. The van der Waals surface area contributed by atoms with Gasteiger partial charge in [0.25, 0.3) is 0 Å². The van der Waals surface area contributed by atoms with E-state index in [4.69, 9.17) is 34.4 Å². The number of thioether (sulfide) groups is 1. The van der Waals surface area contributed by atoms with Crippen LogP contribution in [0.25, 0.3) is 17.4 Å². The summed E-state index contributed by atoms with van der Waals surface area (Å²) in [5.41, 5.74) is 8.11. The summed E-state index contributed by atoms with van der Waals surface area (Å²) in [6, 6.07) is 10.8. The van der Waals surface area contributed by atoms with Gasteiger partial charge in [-0.2, -0.15) is 0 Å². The molecule has 5 fully saturated rings. The van der Waals surface area contributed by atoms with E-state index in [0.29, 0.717) is 6.54 Å². The van der Waals surface area contributed by atoms with Gasteiger partial charge in [-0.05, 0) is 117 Å². The number of nitrogens with two attached hydrogens (primary N) is 1. The Labute approximate surface area is 211 Å². The highest BCUT2D eigenvalue weighted by atomic mass is 35.5. The van der Waals surface area contributed by atoms with E-state index in [1.165, 1.54) is 42.6 Å². The van der Waals surface area contributed by atoms with E-state index in [-0.39, 0.29) is 4.71 Å². The van der Waals surface area contributed by atoms with Crippen molar-refractivity contribution < 1.29 is 4.42 Å². The fraction of sp³-hybridized carbons (Fsp3) is 0.556. The summed E-state index contributed by atoms with van der Waals surface area (Å²) in [7, 11) is 0. The Morgan fingerprint density at radius 1 is 1.09 bits per heavy atom. The molecule has 4 aliphatic carbocycles. The smallest absolute Gasteiger partial charge is 0.135 e. The lowest BCUT2D eigenvalue weighted by Crippen LogP contribution is -2.56. The van der Waals surface area contributed by atoms with Crippen LogP contribution in [-0.2, 0) is 6.42 Å². The van der Waals surface area contributed by atoms with Crippen LogP contribution in [0.1, 0.15) is 49.8 Å². The zero-order chi connectivity index (χ0) is 22.5. The Bertz CT molecular complexity index is 1010. The van der Waals surface area contributed by atoms with Crippen LogP contribution in [0.3, 0.4) is 0 Å². The predicted molar refractivity (Wildman–Crippen MR) is 142 cm³/mol. The van der Waals surface area contributed by atoms with Crippen molar-refractivity contribution >= 4 is 42.1 Å².